The van der Waals surface area contributed by atoms with E-state index in [-0.39, 0.29) is 17.5 Å². The van der Waals surface area contributed by atoms with Gasteiger partial charge in [-0.25, -0.2) is 31.5 Å². The Morgan fingerprint density at radius 2 is 1.85 bits per heavy atom. The Bertz CT molecular complexity index is 1090. The molecule has 4 rings (SSSR count). The molecule has 0 aliphatic carbocycles. The van der Waals surface area contributed by atoms with Crippen LogP contribution in [0.2, 0.25) is 0 Å². The minimum atomic E-state index is -3.19. The molecule has 1 aromatic heterocycles. The summed E-state index contributed by atoms with van der Waals surface area (Å²) in [5, 5.41) is 3.95. The number of rotatable bonds is 8. The van der Waals surface area contributed by atoms with Crippen LogP contribution in [0.1, 0.15) is 49.2 Å². The molecule has 0 radical (unpaired) electrons. The summed E-state index contributed by atoms with van der Waals surface area (Å²) in [6.45, 7) is 4.24. The van der Waals surface area contributed by atoms with Crippen LogP contribution in [-0.4, -0.2) is 86.3 Å². The van der Waals surface area contributed by atoms with Gasteiger partial charge in [-0.1, -0.05) is 0 Å². The van der Waals surface area contributed by atoms with E-state index in [1.807, 2.05) is 0 Å². The Kier molecular flexibility index (Phi) is 7.96. The highest BCUT2D eigenvalue weighted by Crippen LogP contribution is 2.36. The van der Waals surface area contributed by atoms with Crippen LogP contribution >= 0.6 is 0 Å². The van der Waals surface area contributed by atoms with Gasteiger partial charge in [-0.15, -0.1) is 0 Å². The lowest BCUT2D eigenvalue weighted by Crippen LogP contribution is -2.42. The second-order valence-corrected chi connectivity index (χ2v) is 11.2. The average molecular weight is 498 g/mol. The Morgan fingerprint density at radius 1 is 1.15 bits per heavy atom. The van der Waals surface area contributed by atoms with Gasteiger partial charge in [-0.3, -0.25) is 0 Å². The molecular weight excluding hydrogens is 464 g/mol. The Labute approximate surface area is 199 Å². The zero-order valence-electron chi connectivity index (χ0n) is 19.7. The lowest BCUT2D eigenvalue weighted by molar-refractivity contribution is 0.130. The van der Waals surface area contributed by atoms with Crippen LogP contribution in [0, 0.1) is 0 Å². The second-order valence-electron chi connectivity index (χ2n) is 9.23. The highest BCUT2D eigenvalue weighted by atomic mass is 32.2. The summed E-state index contributed by atoms with van der Waals surface area (Å²) in [4.78, 5) is 11.5. The molecule has 1 N–H and O–H groups in total. The molecule has 2 aliphatic rings. The number of halogens is 2. The van der Waals surface area contributed by atoms with Gasteiger partial charge in [-0.05, 0) is 62.4 Å². The number of methoxy groups -OCH3 is 1. The van der Waals surface area contributed by atoms with Crippen molar-refractivity contribution in [2.45, 2.75) is 44.1 Å². The summed E-state index contributed by atoms with van der Waals surface area (Å²) in [5.41, 5.74) is 1.57. The predicted molar refractivity (Wildman–Crippen MR) is 128 cm³/mol. The first-order valence-electron chi connectivity index (χ1n) is 11.8. The van der Waals surface area contributed by atoms with Crippen LogP contribution in [-0.2, 0) is 14.8 Å². The topological polar surface area (TPSA) is 87.7 Å². The van der Waals surface area contributed by atoms with Crippen LogP contribution in [0.25, 0.3) is 10.9 Å². The van der Waals surface area contributed by atoms with Crippen LogP contribution in [0.5, 0.6) is 0 Å². The number of anilines is 1. The number of nitrogens with zero attached hydrogens (tertiary/aromatic N) is 4. The highest BCUT2D eigenvalue weighted by molar-refractivity contribution is 7.88. The molecule has 3 heterocycles. The molecule has 8 nitrogen and oxygen atoms in total. The summed E-state index contributed by atoms with van der Waals surface area (Å²) in [6.07, 6.45) is 3.36. The van der Waals surface area contributed by atoms with Gasteiger partial charge in [0, 0.05) is 49.9 Å². The van der Waals surface area contributed by atoms with Crippen molar-refractivity contribution in [1.29, 1.82) is 0 Å². The van der Waals surface area contributed by atoms with E-state index in [1.165, 1.54) is 16.6 Å². The molecule has 188 valence electrons. The summed E-state index contributed by atoms with van der Waals surface area (Å²) >= 11 is 0. The third-order valence-electron chi connectivity index (χ3n) is 6.88. The molecule has 0 unspecified atom stereocenters. The van der Waals surface area contributed by atoms with E-state index in [4.69, 9.17) is 9.72 Å². The van der Waals surface area contributed by atoms with Crippen LogP contribution in [0.3, 0.4) is 0 Å². The highest BCUT2D eigenvalue weighted by Gasteiger charge is 2.27. The molecule has 0 spiro atoms. The third kappa shape index (κ3) is 5.99. The van der Waals surface area contributed by atoms with Crippen molar-refractivity contribution in [2.75, 3.05) is 58.0 Å². The molecule has 1 aromatic carbocycles. The Balaban J connectivity index is 1.54. The van der Waals surface area contributed by atoms with Crippen molar-refractivity contribution in [3.05, 3.63) is 29.5 Å². The van der Waals surface area contributed by atoms with Gasteiger partial charge in [0.25, 0.3) is 6.43 Å². The minimum Gasteiger partial charge on any atom is -0.383 e. The normalized spacial score (nSPS) is 19.8. The summed E-state index contributed by atoms with van der Waals surface area (Å²) in [7, 11) is -1.50. The van der Waals surface area contributed by atoms with Gasteiger partial charge < -0.3 is 15.0 Å². The molecular formula is C23H33F2N5O3S. The van der Waals surface area contributed by atoms with E-state index < -0.39 is 16.4 Å². The maximum atomic E-state index is 13.6. The number of hydrogen-bond donors (Lipinski definition) is 1. The van der Waals surface area contributed by atoms with E-state index in [1.54, 1.807) is 19.4 Å². The Hall–Kier alpha value is -1.95. The number of likely N-dealkylation sites (tertiary alicyclic amines) is 1. The van der Waals surface area contributed by atoms with Crippen LogP contribution in [0.4, 0.5) is 14.7 Å². The van der Waals surface area contributed by atoms with E-state index in [0.717, 1.165) is 38.0 Å². The van der Waals surface area contributed by atoms with Gasteiger partial charge in [-0.2, -0.15) is 0 Å². The van der Waals surface area contributed by atoms with Gasteiger partial charge in [0.2, 0.25) is 16.0 Å². The average Bonchev–Trinajstić information content (AvgIpc) is 2.82. The van der Waals surface area contributed by atoms with E-state index in [9.17, 15) is 17.2 Å². The van der Waals surface area contributed by atoms with Crippen molar-refractivity contribution in [3.8, 4) is 0 Å². The fourth-order valence-electron chi connectivity index (χ4n) is 4.91. The van der Waals surface area contributed by atoms with Crippen molar-refractivity contribution < 1.29 is 21.9 Å². The zero-order chi connectivity index (χ0) is 24.3. The molecule has 0 saturated carbocycles. The van der Waals surface area contributed by atoms with E-state index in [2.05, 4.69) is 15.2 Å². The second kappa shape index (κ2) is 10.8. The molecule has 2 aromatic rings. The monoisotopic (exact) mass is 497 g/mol. The molecule has 34 heavy (non-hydrogen) atoms. The molecule has 0 atom stereocenters. The van der Waals surface area contributed by atoms with Crippen LogP contribution < -0.4 is 5.32 Å². The molecule has 2 saturated heterocycles. The summed E-state index contributed by atoms with van der Waals surface area (Å²) in [5.74, 6) is 0.606. The number of hydrogen-bond acceptors (Lipinski definition) is 7. The molecule has 11 heteroatoms. The minimum absolute atomic E-state index is 0.00164. The largest absolute Gasteiger partial charge is 0.383 e. The zero-order valence-corrected chi connectivity index (χ0v) is 20.5. The Morgan fingerprint density at radius 3 is 2.47 bits per heavy atom. The van der Waals surface area contributed by atoms with Gasteiger partial charge in [0.1, 0.15) is 0 Å². The first kappa shape index (κ1) is 25.2. The van der Waals surface area contributed by atoms with Gasteiger partial charge >= 0.3 is 0 Å². The number of aromatic nitrogens is 2. The number of benzene rings is 1. The first-order valence-corrected chi connectivity index (χ1v) is 13.6. The number of sulfonamides is 1. The number of piperidine rings is 2. The van der Waals surface area contributed by atoms with Crippen molar-refractivity contribution in [3.63, 3.8) is 0 Å². The molecule has 2 fully saturated rings. The third-order valence-corrected chi connectivity index (χ3v) is 8.19. The smallest absolute Gasteiger partial charge is 0.263 e. The van der Waals surface area contributed by atoms with Crippen molar-refractivity contribution in [1.82, 2.24) is 19.2 Å². The predicted octanol–water partition coefficient (Wildman–Crippen LogP) is 3.23. The quantitative estimate of drug-likeness (QED) is 0.599. The number of ether oxygens (including phenoxy) is 1. The fraction of sp³-hybridized carbons (Fsp3) is 0.652. The molecule has 2 aliphatic heterocycles. The lowest BCUT2D eigenvalue weighted by atomic mass is 9.87. The molecule has 0 bridgehead atoms. The SMILES string of the molecule is COCCN1CCC(c2cc(C(F)F)cc3cnc(NC4CCN(S(C)(=O)=O)CC4)nc23)CC1. The van der Waals surface area contributed by atoms with Crippen molar-refractivity contribution >= 4 is 26.9 Å². The van der Waals surface area contributed by atoms with Gasteiger partial charge in [0.15, 0.2) is 0 Å². The molecule has 0 amide bonds. The maximum absolute atomic E-state index is 13.6. The number of fused-ring (bicyclic) bond motifs is 1. The fourth-order valence-corrected chi connectivity index (χ4v) is 5.78. The van der Waals surface area contributed by atoms with Crippen LogP contribution in [0.15, 0.2) is 18.3 Å². The first-order chi connectivity index (χ1) is 16.2. The summed E-state index contributed by atoms with van der Waals surface area (Å²) in [6, 6.07) is 3.15. The maximum Gasteiger partial charge on any atom is 0.263 e. The van der Waals surface area contributed by atoms with Gasteiger partial charge in [0.05, 0.1) is 18.4 Å². The standard InChI is InChI=1S/C23H33F2N5O3S/c1-33-12-11-29-7-3-16(4-8-29)20-14-17(22(24)25)13-18-15-26-23(28-21(18)20)27-19-5-9-30(10-6-19)34(2,31)32/h13-16,19,22H,3-12H2,1-2H3,(H,26,27,28). The number of alkyl halides is 2. The number of nitrogens with one attached hydrogen (secondary N) is 1. The summed E-state index contributed by atoms with van der Waals surface area (Å²) < 4.78 is 57.4. The van der Waals surface area contributed by atoms with E-state index in [0.29, 0.717) is 49.4 Å². The van der Waals surface area contributed by atoms with Crippen molar-refractivity contribution in [2.24, 2.45) is 0 Å². The van der Waals surface area contributed by atoms with E-state index >= 15 is 0 Å². The lowest BCUT2D eigenvalue weighted by Gasteiger charge is -2.32.